The molecule has 1 aromatic heterocycles. The molecule has 0 amide bonds. The fourth-order valence-electron chi connectivity index (χ4n) is 2.99. The van der Waals surface area contributed by atoms with Gasteiger partial charge in [-0.05, 0) is 18.1 Å². The van der Waals surface area contributed by atoms with Crippen molar-refractivity contribution in [3.63, 3.8) is 0 Å². The van der Waals surface area contributed by atoms with Gasteiger partial charge in [0.2, 0.25) is 0 Å². The van der Waals surface area contributed by atoms with E-state index in [1.165, 1.54) is 0 Å². The molecule has 5 nitrogen and oxygen atoms in total. The second-order valence-electron chi connectivity index (χ2n) is 5.75. The maximum absolute atomic E-state index is 12.0. The lowest BCUT2D eigenvalue weighted by atomic mass is 9.96. The first-order valence-electron chi connectivity index (χ1n) is 8.36. The summed E-state index contributed by atoms with van der Waals surface area (Å²) < 4.78 is 4.99. The minimum atomic E-state index is -1.08. The first kappa shape index (κ1) is 17.5. The normalized spacial score (nSPS) is 10.5. The fraction of sp³-hybridized carbons (Fsp3) is 0.143. The van der Waals surface area contributed by atoms with E-state index in [0.717, 1.165) is 11.1 Å². The van der Waals surface area contributed by atoms with Crippen LogP contribution in [0.1, 0.15) is 23.0 Å². The second-order valence-corrected chi connectivity index (χ2v) is 5.75. The molecule has 0 fully saturated rings. The van der Waals surface area contributed by atoms with Gasteiger partial charge in [0, 0.05) is 11.3 Å². The Morgan fingerprint density at radius 2 is 1.54 bits per heavy atom. The zero-order valence-electron chi connectivity index (χ0n) is 14.4. The van der Waals surface area contributed by atoms with Crippen LogP contribution in [0, 0.1) is 0 Å². The SMILES string of the molecule is CCOC(=O)Cc1[nH]c(-c2ccccc2)c(-c2ccccc2)c1C(=O)O. The van der Waals surface area contributed by atoms with Gasteiger partial charge in [0.05, 0.1) is 24.3 Å². The van der Waals surface area contributed by atoms with Crippen LogP contribution in [0.3, 0.4) is 0 Å². The maximum atomic E-state index is 12.0. The third-order valence-corrected chi connectivity index (χ3v) is 4.04. The lowest BCUT2D eigenvalue weighted by Crippen LogP contribution is -2.11. The van der Waals surface area contributed by atoms with E-state index in [2.05, 4.69) is 4.98 Å². The number of aromatic amines is 1. The van der Waals surface area contributed by atoms with E-state index in [1.54, 1.807) is 6.92 Å². The summed E-state index contributed by atoms with van der Waals surface area (Å²) in [5.41, 5.74) is 3.31. The van der Waals surface area contributed by atoms with Crippen molar-refractivity contribution in [3.05, 3.63) is 71.9 Å². The van der Waals surface area contributed by atoms with Gasteiger partial charge in [0.25, 0.3) is 0 Å². The monoisotopic (exact) mass is 349 g/mol. The molecule has 0 aliphatic carbocycles. The van der Waals surface area contributed by atoms with Crippen molar-refractivity contribution in [3.8, 4) is 22.4 Å². The van der Waals surface area contributed by atoms with Gasteiger partial charge in [-0.2, -0.15) is 0 Å². The van der Waals surface area contributed by atoms with Gasteiger partial charge < -0.3 is 14.8 Å². The Hall–Kier alpha value is -3.34. The first-order valence-corrected chi connectivity index (χ1v) is 8.36. The Morgan fingerprint density at radius 1 is 0.962 bits per heavy atom. The van der Waals surface area contributed by atoms with Crippen molar-refractivity contribution in [2.24, 2.45) is 0 Å². The van der Waals surface area contributed by atoms with Crippen LogP contribution in [0.2, 0.25) is 0 Å². The van der Waals surface area contributed by atoms with Crippen molar-refractivity contribution in [1.82, 2.24) is 4.98 Å². The Bertz CT molecular complexity index is 914. The second kappa shape index (κ2) is 7.70. The van der Waals surface area contributed by atoms with E-state index < -0.39 is 11.9 Å². The van der Waals surface area contributed by atoms with Crippen molar-refractivity contribution in [1.29, 1.82) is 0 Å². The summed E-state index contributed by atoms with van der Waals surface area (Å²) in [6, 6.07) is 18.8. The molecule has 3 rings (SSSR count). The highest BCUT2D eigenvalue weighted by atomic mass is 16.5. The van der Waals surface area contributed by atoms with E-state index in [9.17, 15) is 14.7 Å². The molecule has 0 aliphatic heterocycles. The van der Waals surface area contributed by atoms with Crippen molar-refractivity contribution in [2.45, 2.75) is 13.3 Å². The largest absolute Gasteiger partial charge is 0.478 e. The number of rotatable bonds is 6. The predicted octanol–water partition coefficient (Wildman–Crippen LogP) is 4.15. The fourth-order valence-corrected chi connectivity index (χ4v) is 2.99. The summed E-state index contributed by atoms with van der Waals surface area (Å²) in [7, 11) is 0. The number of hydrogen-bond donors (Lipinski definition) is 2. The first-order chi connectivity index (χ1) is 12.6. The molecular formula is C21H19NO4. The number of benzene rings is 2. The molecule has 132 valence electrons. The minimum Gasteiger partial charge on any atom is -0.478 e. The van der Waals surface area contributed by atoms with E-state index in [4.69, 9.17) is 4.74 Å². The topological polar surface area (TPSA) is 79.4 Å². The average Bonchev–Trinajstić information content (AvgIpc) is 3.02. The lowest BCUT2D eigenvalue weighted by Gasteiger charge is -2.06. The van der Waals surface area contributed by atoms with Gasteiger partial charge in [-0.25, -0.2) is 4.79 Å². The van der Waals surface area contributed by atoms with Crippen LogP contribution in [0.15, 0.2) is 60.7 Å². The van der Waals surface area contributed by atoms with E-state index in [-0.39, 0.29) is 18.6 Å². The average molecular weight is 349 g/mol. The Kier molecular flexibility index (Phi) is 5.17. The smallest absolute Gasteiger partial charge is 0.338 e. The van der Waals surface area contributed by atoms with Gasteiger partial charge in [-0.15, -0.1) is 0 Å². The number of carboxylic acid groups (broad SMARTS) is 1. The maximum Gasteiger partial charge on any atom is 0.338 e. The van der Waals surface area contributed by atoms with Crippen LogP contribution >= 0.6 is 0 Å². The van der Waals surface area contributed by atoms with E-state index >= 15 is 0 Å². The van der Waals surface area contributed by atoms with E-state index in [1.807, 2.05) is 60.7 Å². The summed E-state index contributed by atoms with van der Waals surface area (Å²) in [4.78, 5) is 27.1. The Morgan fingerprint density at radius 3 is 2.08 bits per heavy atom. The summed E-state index contributed by atoms with van der Waals surface area (Å²) >= 11 is 0. The van der Waals surface area contributed by atoms with Crippen LogP contribution in [0.5, 0.6) is 0 Å². The molecule has 0 saturated carbocycles. The Labute approximate surface area is 151 Å². The number of carbonyl (C=O) groups excluding carboxylic acids is 1. The Balaban J connectivity index is 2.23. The zero-order chi connectivity index (χ0) is 18.5. The molecule has 1 heterocycles. The highest BCUT2D eigenvalue weighted by Crippen LogP contribution is 2.37. The number of carbonyl (C=O) groups is 2. The number of aromatic carboxylic acids is 1. The number of carboxylic acids is 1. The van der Waals surface area contributed by atoms with E-state index in [0.29, 0.717) is 17.0 Å². The van der Waals surface area contributed by atoms with Gasteiger partial charge in [0.15, 0.2) is 0 Å². The van der Waals surface area contributed by atoms with Gasteiger partial charge in [0.1, 0.15) is 0 Å². The molecule has 2 aromatic carbocycles. The molecule has 26 heavy (non-hydrogen) atoms. The summed E-state index contributed by atoms with van der Waals surface area (Å²) in [6.45, 7) is 1.97. The van der Waals surface area contributed by atoms with Gasteiger partial charge >= 0.3 is 11.9 Å². The number of hydrogen-bond acceptors (Lipinski definition) is 3. The third-order valence-electron chi connectivity index (χ3n) is 4.04. The molecule has 0 aliphatic rings. The summed E-state index contributed by atoms with van der Waals surface area (Å²) in [5.74, 6) is -1.54. The minimum absolute atomic E-state index is 0.100. The zero-order valence-corrected chi connectivity index (χ0v) is 14.4. The molecule has 0 spiro atoms. The van der Waals surface area contributed by atoms with Crippen molar-refractivity contribution in [2.75, 3.05) is 6.61 Å². The number of H-pyrrole nitrogens is 1. The van der Waals surface area contributed by atoms with Crippen LogP contribution < -0.4 is 0 Å². The van der Waals surface area contributed by atoms with Crippen LogP contribution in [-0.4, -0.2) is 28.6 Å². The van der Waals surface area contributed by atoms with Crippen molar-refractivity contribution >= 4 is 11.9 Å². The highest BCUT2D eigenvalue weighted by molar-refractivity contribution is 6.03. The van der Waals surface area contributed by atoms with Crippen molar-refractivity contribution < 1.29 is 19.4 Å². The molecule has 0 saturated heterocycles. The number of esters is 1. The van der Waals surface area contributed by atoms with Crippen LogP contribution in [0.25, 0.3) is 22.4 Å². The molecule has 0 atom stereocenters. The third kappa shape index (κ3) is 3.52. The molecule has 0 unspecified atom stereocenters. The lowest BCUT2D eigenvalue weighted by molar-refractivity contribution is -0.142. The summed E-state index contributed by atoms with van der Waals surface area (Å²) in [5, 5.41) is 9.84. The highest BCUT2D eigenvalue weighted by Gasteiger charge is 2.26. The molecule has 2 N–H and O–H groups in total. The molecular weight excluding hydrogens is 330 g/mol. The predicted molar refractivity (Wildman–Crippen MR) is 99.0 cm³/mol. The number of ether oxygens (including phenoxy) is 1. The van der Waals surface area contributed by atoms with Gasteiger partial charge in [-0.3, -0.25) is 4.79 Å². The van der Waals surface area contributed by atoms with Crippen LogP contribution in [0.4, 0.5) is 0 Å². The molecule has 3 aromatic rings. The molecule has 0 bridgehead atoms. The van der Waals surface area contributed by atoms with Gasteiger partial charge in [-0.1, -0.05) is 60.7 Å². The summed E-state index contributed by atoms with van der Waals surface area (Å²) in [6.07, 6.45) is -0.123. The quantitative estimate of drug-likeness (QED) is 0.655. The number of nitrogens with one attached hydrogen (secondary N) is 1. The molecule has 0 radical (unpaired) electrons. The standard InChI is InChI=1S/C21H19NO4/c1-2-26-17(23)13-16-19(21(24)25)18(14-9-5-3-6-10-14)20(22-16)15-11-7-4-8-12-15/h3-12,22H,2,13H2,1H3,(H,24,25). The molecule has 5 heteroatoms. The van der Waals surface area contributed by atoms with Crippen LogP contribution in [-0.2, 0) is 16.0 Å². The number of aromatic nitrogens is 1.